The minimum atomic E-state index is -1.01. The van der Waals surface area contributed by atoms with Crippen molar-refractivity contribution in [2.45, 2.75) is 12.3 Å². The summed E-state index contributed by atoms with van der Waals surface area (Å²) < 4.78 is 5.53. The SMILES string of the molecule is CN(CCC(=O)O)C(=O)c1cc(Cl)c(NC(=O)OCC2c3ccccc3-c3ccccc32)c(Cl)c1. The van der Waals surface area contributed by atoms with Gasteiger partial charge in [0.15, 0.2) is 0 Å². The summed E-state index contributed by atoms with van der Waals surface area (Å²) in [6.45, 7) is 0.156. The molecule has 0 aromatic heterocycles. The minimum Gasteiger partial charge on any atom is -0.481 e. The number of halogens is 2. The van der Waals surface area contributed by atoms with Gasteiger partial charge in [0.2, 0.25) is 0 Å². The number of ether oxygens (including phenoxy) is 1. The Hall–Kier alpha value is -3.55. The van der Waals surface area contributed by atoms with Gasteiger partial charge in [0.25, 0.3) is 5.91 Å². The minimum absolute atomic E-state index is 0.0309. The Labute approximate surface area is 212 Å². The Morgan fingerprint density at radius 1 is 0.971 bits per heavy atom. The number of carboxylic acid groups (broad SMARTS) is 1. The number of rotatable bonds is 7. The molecule has 180 valence electrons. The number of hydrogen-bond donors (Lipinski definition) is 2. The van der Waals surface area contributed by atoms with E-state index in [-0.39, 0.29) is 46.8 Å². The van der Waals surface area contributed by atoms with Gasteiger partial charge in [-0.15, -0.1) is 0 Å². The Morgan fingerprint density at radius 2 is 1.51 bits per heavy atom. The van der Waals surface area contributed by atoms with Crippen molar-refractivity contribution >= 4 is 46.9 Å². The van der Waals surface area contributed by atoms with Crippen LogP contribution < -0.4 is 5.32 Å². The lowest BCUT2D eigenvalue weighted by molar-refractivity contribution is -0.137. The molecule has 0 saturated carbocycles. The van der Waals surface area contributed by atoms with Crippen molar-refractivity contribution in [2.75, 3.05) is 25.5 Å². The molecule has 0 spiro atoms. The van der Waals surface area contributed by atoms with E-state index in [9.17, 15) is 14.4 Å². The highest BCUT2D eigenvalue weighted by atomic mass is 35.5. The molecule has 1 aliphatic rings. The van der Waals surface area contributed by atoms with Crippen LogP contribution in [0, 0.1) is 0 Å². The number of anilines is 1. The van der Waals surface area contributed by atoms with Crippen molar-refractivity contribution in [3.63, 3.8) is 0 Å². The first kappa shape index (κ1) is 24.6. The molecule has 7 nitrogen and oxygen atoms in total. The van der Waals surface area contributed by atoms with Crippen molar-refractivity contribution in [3.05, 3.63) is 87.4 Å². The quantitative estimate of drug-likeness (QED) is 0.410. The number of carbonyl (C=O) groups is 3. The Balaban J connectivity index is 1.44. The summed E-state index contributed by atoms with van der Waals surface area (Å²) in [5.41, 5.74) is 4.72. The molecule has 0 radical (unpaired) electrons. The highest BCUT2D eigenvalue weighted by Gasteiger charge is 2.29. The maximum Gasteiger partial charge on any atom is 0.411 e. The molecular formula is C26H22Cl2N2O5. The summed E-state index contributed by atoms with van der Waals surface area (Å²) in [4.78, 5) is 37.1. The van der Waals surface area contributed by atoms with Gasteiger partial charge in [-0.25, -0.2) is 4.79 Å². The lowest BCUT2D eigenvalue weighted by Gasteiger charge is -2.18. The third-order valence-electron chi connectivity index (χ3n) is 5.87. The second-order valence-electron chi connectivity index (χ2n) is 8.14. The van der Waals surface area contributed by atoms with E-state index in [0.29, 0.717) is 0 Å². The number of fused-ring (bicyclic) bond motifs is 3. The largest absolute Gasteiger partial charge is 0.481 e. The topological polar surface area (TPSA) is 95.9 Å². The van der Waals surface area contributed by atoms with Gasteiger partial charge in [-0.3, -0.25) is 14.9 Å². The molecule has 0 heterocycles. The zero-order valence-electron chi connectivity index (χ0n) is 18.8. The average Bonchev–Trinajstić information content (AvgIpc) is 3.16. The second-order valence-corrected chi connectivity index (χ2v) is 8.95. The maximum absolute atomic E-state index is 12.6. The molecule has 0 bridgehead atoms. The Kier molecular flexibility index (Phi) is 7.28. The number of carbonyl (C=O) groups excluding carboxylic acids is 2. The van der Waals surface area contributed by atoms with Crippen molar-refractivity contribution < 1.29 is 24.2 Å². The van der Waals surface area contributed by atoms with Crippen LogP contribution in [0.15, 0.2) is 60.7 Å². The summed E-state index contributed by atoms with van der Waals surface area (Å²) in [5.74, 6) is -1.55. The molecule has 35 heavy (non-hydrogen) atoms. The molecule has 0 saturated heterocycles. The number of aliphatic carboxylic acids is 1. The first-order valence-corrected chi connectivity index (χ1v) is 11.6. The van der Waals surface area contributed by atoms with Crippen LogP contribution in [0.1, 0.15) is 33.8 Å². The van der Waals surface area contributed by atoms with Gasteiger partial charge in [-0.2, -0.15) is 0 Å². The molecule has 3 aromatic carbocycles. The van der Waals surface area contributed by atoms with E-state index in [0.717, 1.165) is 22.3 Å². The van der Waals surface area contributed by atoms with Crippen molar-refractivity contribution in [2.24, 2.45) is 0 Å². The van der Waals surface area contributed by atoms with Crippen molar-refractivity contribution in [3.8, 4) is 11.1 Å². The van der Waals surface area contributed by atoms with Gasteiger partial charge in [0, 0.05) is 25.1 Å². The molecule has 0 unspecified atom stereocenters. The lowest BCUT2D eigenvalue weighted by atomic mass is 9.98. The molecule has 0 aliphatic heterocycles. The van der Waals surface area contributed by atoms with Crippen LogP contribution in [0.2, 0.25) is 10.0 Å². The molecule has 0 fully saturated rings. The van der Waals surface area contributed by atoms with E-state index in [1.54, 1.807) is 0 Å². The van der Waals surface area contributed by atoms with Crippen LogP contribution in [0.5, 0.6) is 0 Å². The van der Waals surface area contributed by atoms with E-state index in [1.165, 1.54) is 24.1 Å². The number of carboxylic acids is 1. The fraction of sp³-hybridized carbons (Fsp3) is 0.192. The number of nitrogens with zero attached hydrogens (tertiary/aromatic N) is 1. The van der Waals surface area contributed by atoms with E-state index in [2.05, 4.69) is 17.4 Å². The zero-order valence-corrected chi connectivity index (χ0v) is 20.3. The third-order valence-corrected chi connectivity index (χ3v) is 6.46. The average molecular weight is 513 g/mol. The van der Waals surface area contributed by atoms with Crippen molar-refractivity contribution in [1.82, 2.24) is 4.90 Å². The molecule has 3 aromatic rings. The van der Waals surface area contributed by atoms with Gasteiger partial charge in [0.1, 0.15) is 6.61 Å². The van der Waals surface area contributed by atoms with Gasteiger partial charge >= 0.3 is 12.1 Å². The van der Waals surface area contributed by atoms with Crippen LogP contribution in [-0.2, 0) is 9.53 Å². The Bertz CT molecular complexity index is 1240. The van der Waals surface area contributed by atoms with Gasteiger partial charge in [-0.05, 0) is 34.4 Å². The summed E-state index contributed by atoms with van der Waals surface area (Å²) in [6, 6.07) is 18.8. The standard InChI is InChI=1S/C26H22Cl2N2O5/c1-30(11-10-23(31)32)25(33)15-12-21(27)24(22(28)13-15)29-26(34)35-14-20-18-8-4-2-6-16(18)17-7-3-5-9-19(17)20/h2-9,12-13,20H,10-11,14H2,1H3,(H,29,34)(H,31,32). The van der Waals surface area contributed by atoms with E-state index >= 15 is 0 Å². The predicted octanol–water partition coefficient (Wildman–Crippen LogP) is 5.90. The normalized spacial score (nSPS) is 12.0. The highest BCUT2D eigenvalue weighted by molar-refractivity contribution is 6.40. The highest BCUT2D eigenvalue weighted by Crippen LogP contribution is 2.44. The summed E-state index contributed by atoms with van der Waals surface area (Å²) >= 11 is 12.6. The molecule has 0 atom stereocenters. The van der Waals surface area contributed by atoms with Crippen LogP contribution in [0.25, 0.3) is 11.1 Å². The number of amides is 2. The van der Waals surface area contributed by atoms with Crippen molar-refractivity contribution in [1.29, 1.82) is 0 Å². The third kappa shape index (κ3) is 5.26. The van der Waals surface area contributed by atoms with Crippen LogP contribution in [-0.4, -0.2) is 48.2 Å². The predicted molar refractivity (Wildman–Crippen MR) is 134 cm³/mol. The summed E-state index contributed by atoms with van der Waals surface area (Å²) in [6.07, 6.45) is -0.918. The van der Waals surface area contributed by atoms with E-state index in [4.69, 9.17) is 33.0 Å². The van der Waals surface area contributed by atoms with E-state index in [1.807, 2.05) is 36.4 Å². The second kappa shape index (κ2) is 10.4. The van der Waals surface area contributed by atoms with Crippen LogP contribution >= 0.6 is 23.2 Å². The first-order chi connectivity index (χ1) is 16.8. The van der Waals surface area contributed by atoms with Crippen LogP contribution in [0.4, 0.5) is 10.5 Å². The molecular weight excluding hydrogens is 491 g/mol. The van der Waals surface area contributed by atoms with Crippen LogP contribution in [0.3, 0.4) is 0 Å². The molecule has 2 amide bonds. The zero-order chi connectivity index (χ0) is 25.1. The molecule has 2 N–H and O–H groups in total. The van der Waals surface area contributed by atoms with E-state index < -0.39 is 18.0 Å². The first-order valence-electron chi connectivity index (χ1n) is 10.8. The maximum atomic E-state index is 12.6. The molecule has 9 heteroatoms. The monoisotopic (exact) mass is 512 g/mol. The number of nitrogens with one attached hydrogen (secondary N) is 1. The van der Waals surface area contributed by atoms with Gasteiger partial charge in [0.05, 0.1) is 22.2 Å². The fourth-order valence-corrected chi connectivity index (χ4v) is 4.72. The van der Waals surface area contributed by atoms with Gasteiger partial charge < -0.3 is 14.7 Å². The lowest BCUT2D eigenvalue weighted by Crippen LogP contribution is -2.29. The smallest absolute Gasteiger partial charge is 0.411 e. The molecule has 1 aliphatic carbocycles. The molecule has 4 rings (SSSR count). The van der Waals surface area contributed by atoms with Gasteiger partial charge in [-0.1, -0.05) is 71.7 Å². The summed E-state index contributed by atoms with van der Waals surface area (Å²) in [5, 5.41) is 11.5. The Morgan fingerprint density at radius 3 is 2.06 bits per heavy atom. The number of hydrogen-bond acceptors (Lipinski definition) is 4. The fourth-order valence-electron chi connectivity index (χ4n) is 4.14. The number of benzene rings is 3. The summed E-state index contributed by atoms with van der Waals surface area (Å²) in [7, 11) is 1.48.